The molecule has 0 fully saturated rings. The molecule has 0 unspecified atom stereocenters. The van der Waals surface area contributed by atoms with E-state index in [2.05, 4.69) is 4.72 Å². The Morgan fingerprint density at radius 1 is 1.26 bits per heavy atom. The third-order valence-electron chi connectivity index (χ3n) is 2.82. The molecule has 0 saturated heterocycles. The van der Waals surface area contributed by atoms with Crippen LogP contribution in [-0.4, -0.2) is 20.5 Å². The van der Waals surface area contributed by atoms with Gasteiger partial charge in [0.25, 0.3) is 15.7 Å². The molecule has 0 radical (unpaired) electrons. The maximum Gasteiger partial charge on any atom is 0.293 e. The molecule has 0 saturated carbocycles. The van der Waals surface area contributed by atoms with Gasteiger partial charge in [0, 0.05) is 0 Å². The van der Waals surface area contributed by atoms with Crippen molar-refractivity contribution in [2.75, 3.05) is 11.8 Å². The molecule has 0 aliphatic carbocycles. The minimum Gasteiger partial charge on any atom is -0.497 e. The molecule has 2 rings (SSSR count). The van der Waals surface area contributed by atoms with Gasteiger partial charge in [-0.3, -0.25) is 14.8 Å². The Balaban J connectivity index is 2.47. The fourth-order valence-corrected chi connectivity index (χ4v) is 3.15. The molecule has 7 nitrogen and oxygen atoms in total. The Kier molecular flexibility index (Phi) is 4.71. The van der Waals surface area contributed by atoms with Crippen LogP contribution >= 0.6 is 11.6 Å². The van der Waals surface area contributed by atoms with Gasteiger partial charge in [0.15, 0.2) is 4.90 Å². The number of hydrogen-bond donors (Lipinski definition) is 1. The summed E-state index contributed by atoms with van der Waals surface area (Å²) in [5.74, 6) is -0.578. The lowest BCUT2D eigenvalue weighted by atomic mass is 10.3. The fraction of sp³-hybridized carbons (Fsp3) is 0.0769. The molecular weight excluding hydrogens is 351 g/mol. The minimum absolute atomic E-state index is 0.0264. The predicted octanol–water partition coefficient (Wildman–Crippen LogP) is 3.20. The summed E-state index contributed by atoms with van der Waals surface area (Å²) < 4.78 is 44.7. The first-order chi connectivity index (χ1) is 10.7. The number of nitrogens with one attached hydrogen (secondary N) is 1. The summed E-state index contributed by atoms with van der Waals surface area (Å²) in [5, 5.41) is 10.8. The van der Waals surface area contributed by atoms with Gasteiger partial charge in [-0.25, -0.2) is 12.8 Å². The van der Waals surface area contributed by atoms with Crippen LogP contribution in [0.2, 0.25) is 5.02 Å². The third-order valence-corrected chi connectivity index (χ3v) is 4.54. The van der Waals surface area contributed by atoms with Crippen molar-refractivity contribution < 1.29 is 22.5 Å². The van der Waals surface area contributed by atoms with Gasteiger partial charge >= 0.3 is 0 Å². The number of sulfonamides is 1. The van der Waals surface area contributed by atoms with Crippen molar-refractivity contribution in [2.24, 2.45) is 0 Å². The van der Waals surface area contributed by atoms with Crippen LogP contribution in [0.25, 0.3) is 0 Å². The second-order valence-corrected chi connectivity index (χ2v) is 6.38. The lowest BCUT2D eigenvalue weighted by molar-refractivity contribution is -0.387. The van der Waals surface area contributed by atoms with E-state index in [1.807, 2.05) is 0 Å². The van der Waals surface area contributed by atoms with Crippen molar-refractivity contribution in [2.45, 2.75) is 4.90 Å². The number of anilines is 1. The van der Waals surface area contributed by atoms with E-state index in [-0.39, 0.29) is 16.5 Å². The SMILES string of the molecule is COc1ccc(S(=O)(=O)Nc2ccc(F)c(Cl)c2)c([N+](=O)[O-])c1. The molecule has 0 bridgehead atoms. The van der Waals surface area contributed by atoms with Crippen molar-refractivity contribution in [3.8, 4) is 5.75 Å². The largest absolute Gasteiger partial charge is 0.497 e. The first-order valence-corrected chi connectivity index (χ1v) is 7.91. The van der Waals surface area contributed by atoms with Crippen molar-refractivity contribution in [3.63, 3.8) is 0 Å². The lowest BCUT2D eigenvalue weighted by Crippen LogP contribution is -2.15. The second-order valence-electron chi connectivity index (χ2n) is 4.33. The summed E-state index contributed by atoms with van der Waals surface area (Å²) in [4.78, 5) is 9.68. The number of halogens is 2. The van der Waals surface area contributed by atoms with E-state index in [4.69, 9.17) is 16.3 Å². The van der Waals surface area contributed by atoms with E-state index in [1.54, 1.807) is 0 Å². The predicted molar refractivity (Wildman–Crippen MR) is 81.9 cm³/mol. The van der Waals surface area contributed by atoms with E-state index in [1.165, 1.54) is 13.2 Å². The van der Waals surface area contributed by atoms with Crippen LogP contribution in [0, 0.1) is 15.9 Å². The molecule has 1 N–H and O–H groups in total. The molecule has 0 spiro atoms. The highest BCUT2D eigenvalue weighted by Gasteiger charge is 2.26. The highest BCUT2D eigenvalue weighted by molar-refractivity contribution is 7.92. The smallest absolute Gasteiger partial charge is 0.293 e. The maximum atomic E-state index is 13.1. The zero-order valence-corrected chi connectivity index (χ0v) is 13.2. The Bertz CT molecular complexity index is 873. The molecule has 0 heterocycles. The summed E-state index contributed by atoms with van der Waals surface area (Å²) in [5.41, 5.74) is -0.674. The summed E-state index contributed by atoms with van der Waals surface area (Å²) in [6.45, 7) is 0. The number of rotatable bonds is 5. The third kappa shape index (κ3) is 3.69. The van der Waals surface area contributed by atoms with E-state index in [9.17, 15) is 22.9 Å². The molecule has 0 atom stereocenters. The van der Waals surface area contributed by atoms with Crippen LogP contribution in [0.15, 0.2) is 41.3 Å². The van der Waals surface area contributed by atoms with Crippen LogP contribution in [0.4, 0.5) is 15.8 Å². The maximum absolute atomic E-state index is 13.1. The highest BCUT2D eigenvalue weighted by atomic mass is 35.5. The number of ether oxygens (including phenoxy) is 1. The molecule has 2 aromatic rings. The summed E-state index contributed by atoms with van der Waals surface area (Å²) >= 11 is 5.58. The van der Waals surface area contributed by atoms with Gasteiger partial charge in [0.05, 0.1) is 28.8 Å². The molecule has 23 heavy (non-hydrogen) atoms. The van der Waals surface area contributed by atoms with Gasteiger partial charge in [0.2, 0.25) is 0 Å². The van der Waals surface area contributed by atoms with E-state index in [0.717, 1.165) is 30.3 Å². The topological polar surface area (TPSA) is 98.5 Å². The van der Waals surface area contributed by atoms with Gasteiger partial charge in [-0.1, -0.05) is 11.6 Å². The fourth-order valence-electron chi connectivity index (χ4n) is 1.76. The Morgan fingerprint density at radius 2 is 1.96 bits per heavy atom. The number of nitro benzene ring substituents is 1. The van der Waals surface area contributed by atoms with E-state index < -0.39 is 31.3 Å². The van der Waals surface area contributed by atoms with Crippen LogP contribution < -0.4 is 9.46 Å². The second kappa shape index (κ2) is 6.39. The van der Waals surface area contributed by atoms with Crippen LogP contribution in [-0.2, 0) is 10.0 Å². The molecule has 122 valence electrons. The molecule has 0 aromatic heterocycles. The van der Waals surface area contributed by atoms with Crippen LogP contribution in [0.1, 0.15) is 0 Å². The lowest BCUT2D eigenvalue weighted by Gasteiger charge is -2.10. The van der Waals surface area contributed by atoms with Gasteiger partial charge < -0.3 is 4.74 Å². The van der Waals surface area contributed by atoms with Crippen molar-refractivity contribution >= 4 is 33.0 Å². The Labute approximate surface area is 135 Å². The van der Waals surface area contributed by atoms with Crippen molar-refractivity contribution in [1.82, 2.24) is 0 Å². The zero-order valence-electron chi connectivity index (χ0n) is 11.6. The Morgan fingerprint density at radius 3 is 2.52 bits per heavy atom. The normalized spacial score (nSPS) is 11.1. The average molecular weight is 361 g/mol. The highest BCUT2D eigenvalue weighted by Crippen LogP contribution is 2.30. The van der Waals surface area contributed by atoms with Gasteiger partial charge in [-0.2, -0.15) is 0 Å². The number of benzene rings is 2. The van der Waals surface area contributed by atoms with Crippen LogP contribution in [0.3, 0.4) is 0 Å². The van der Waals surface area contributed by atoms with E-state index in [0.29, 0.717) is 0 Å². The molecule has 0 aliphatic rings. The minimum atomic E-state index is -4.27. The number of hydrogen-bond acceptors (Lipinski definition) is 5. The molecule has 0 aliphatic heterocycles. The van der Waals surface area contributed by atoms with Crippen LogP contribution in [0.5, 0.6) is 5.75 Å². The molecule has 0 amide bonds. The van der Waals surface area contributed by atoms with Crippen molar-refractivity contribution in [1.29, 1.82) is 0 Å². The van der Waals surface area contributed by atoms with Gasteiger partial charge in [0.1, 0.15) is 11.6 Å². The molecular formula is C13H10ClFN2O5S. The molecule has 2 aromatic carbocycles. The number of nitro groups is 1. The van der Waals surface area contributed by atoms with Gasteiger partial charge in [-0.15, -0.1) is 0 Å². The number of nitrogens with zero attached hydrogens (tertiary/aromatic N) is 1. The molecule has 10 heteroatoms. The summed E-state index contributed by atoms with van der Waals surface area (Å²) in [6.07, 6.45) is 0. The quantitative estimate of drug-likeness (QED) is 0.652. The summed E-state index contributed by atoms with van der Waals surface area (Å²) in [6, 6.07) is 6.50. The average Bonchev–Trinajstić information content (AvgIpc) is 2.50. The van der Waals surface area contributed by atoms with Gasteiger partial charge in [-0.05, 0) is 30.3 Å². The monoisotopic (exact) mass is 360 g/mol. The Hall–Kier alpha value is -2.39. The van der Waals surface area contributed by atoms with E-state index >= 15 is 0 Å². The zero-order chi connectivity index (χ0) is 17.2. The van der Waals surface area contributed by atoms with Crippen molar-refractivity contribution in [3.05, 3.63) is 57.4 Å². The first kappa shape index (κ1) is 17.0. The summed E-state index contributed by atoms with van der Waals surface area (Å²) in [7, 11) is -2.97. The first-order valence-electron chi connectivity index (χ1n) is 6.05. The number of methoxy groups -OCH3 is 1. The standard InChI is InChI=1S/C13H10ClFN2O5S/c1-22-9-3-5-13(12(7-9)17(18)19)23(20,21)16-8-2-4-11(15)10(14)6-8/h2-7,16H,1H3.